The maximum Gasteiger partial charge on any atom is 0.244 e. The van der Waals surface area contributed by atoms with Gasteiger partial charge in [0.05, 0.1) is 11.7 Å². The first-order valence-electron chi connectivity index (χ1n) is 8.86. The van der Waals surface area contributed by atoms with E-state index in [1.165, 1.54) is 10.5 Å². The summed E-state index contributed by atoms with van der Waals surface area (Å²) < 4.78 is 26.6. The third kappa shape index (κ3) is 4.07. The summed E-state index contributed by atoms with van der Waals surface area (Å²) in [5, 5.41) is 6.38. The van der Waals surface area contributed by atoms with E-state index in [-0.39, 0.29) is 16.4 Å². The summed E-state index contributed by atoms with van der Waals surface area (Å²) >= 11 is 1.62. The molecule has 0 radical (unpaired) electrons. The zero-order valence-electron chi connectivity index (χ0n) is 15.7. The fourth-order valence-electron chi connectivity index (χ4n) is 2.81. The molecule has 1 aliphatic heterocycles. The van der Waals surface area contributed by atoms with Crippen molar-refractivity contribution in [1.82, 2.24) is 14.3 Å². The fraction of sp³-hybridized carbons (Fsp3) is 0.556. The molecule has 0 spiro atoms. The first-order chi connectivity index (χ1) is 12.2. The molecule has 2 aromatic rings. The Hall–Kier alpha value is -1.51. The number of thiazole rings is 1. The van der Waals surface area contributed by atoms with Gasteiger partial charge in [0.15, 0.2) is 0 Å². The van der Waals surface area contributed by atoms with Crippen LogP contribution in [0, 0.1) is 0 Å². The van der Waals surface area contributed by atoms with Crippen molar-refractivity contribution in [3.63, 3.8) is 0 Å². The van der Waals surface area contributed by atoms with Crippen LogP contribution in [0.25, 0.3) is 0 Å². The maximum atomic E-state index is 12.5. The zero-order valence-corrected chi connectivity index (χ0v) is 17.3. The average Bonchev–Trinajstić information content (AvgIpc) is 3.27. The zero-order chi connectivity index (χ0) is 18.9. The normalized spacial score (nSPS) is 17.4. The molecule has 3 rings (SSSR count). The summed E-state index contributed by atoms with van der Waals surface area (Å²) in [4.78, 5) is 9.26. The molecule has 1 saturated heterocycles. The lowest BCUT2D eigenvalue weighted by Gasteiger charge is -2.17. The van der Waals surface area contributed by atoms with Crippen LogP contribution in [-0.4, -0.2) is 35.8 Å². The van der Waals surface area contributed by atoms with Crippen LogP contribution in [0.5, 0.6) is 0 Å². The monoisotopic (exact) mass is 394 g/mol. The molecule has 2 aromatic heterocycles. The number of aromatic nitrogens is 2. The second-order valence-electron chi connectivity index (χ2n) is 7.68. The van der Waals surface area contributed by atoms with Crippen LogP contribution in [0.1, 0.15) is 57.3 Å². The Kier molecular flexibility index (Phi) is 5.37. The Morgan fingerprint density at radius 3 is 2.46 bits per heavy atom. The standard InChI is InChI=1S/C18H26N4O2S2/c1-13(17-21-15(12-25-17)18(2,3)4)20-16-8-7-14(11-19-16)26(23,24)22-9-5-6-10-22/h7-8,11-13H,5-6,9-10H2,1-4H3,(H,19,20). The van der Waals surface area contributed by atoms with E-state index in [9.17, 15) is 8.42 Å². The van der Waals surface area contributed by atoms with E-state index in [1.54, 1.807) is 23.5 Å². The molecule has 0 bridgehead atoms. The molecule has 0 aliphatic carbocycles. The van der Waals surface area contributed by atoms with Gasteiger partial charge in [-0.15, -0.1) is 11.3 Å². The van der Waals surface area contributed by atoms with Gasteiger partial charge in [-0.05, 0) is 31.9 Å². The molecule has 26 heavy (non-hydrogen) atoms. The maximum absolute atomic E-state index is 12.5. The third-order valence-electron chi connectivity index (χ3n) is 4.46. The van der Waals surface area contributed by atoms with E-state index < -0.39 is 10.0 Å². The number of nitrogens with zero attached hydrogens (tertiary/aromatic N) is 3. The van der Waals surface area contributed by atoms with Gasteiger partial charge in [-0.2, -0.15) is 4.31 Å². The van der Waals surface area contributed by atoms with Crippen molar-refractivity contribution in [3.05, 3.63) is 34.4 Å². The number of sulfonamides is 1. The minimum atomic E-state index is -3.42. The van der Waals surface area contributed by atoms with E-state index in [1.807, 2.05) is 6.92 Å². The number of hydrogen-bond acceptors (Lipinski definition) is 6. The Labute approximate surface area is 159 Å². The van der Waals surface area contributed by atoms with Crippen LogP contribution in [0.3, 0.4) is 0 Å². The topological polar surface area (TPSA) is 75.2 Å². The Balaban J connectivity index is 1.70. The molecule has 0 amide bonds. The molecule has 1 N–H and O–H groups in total. The van der Waals surface area contributed by atoms with Crippen LogP contribution in [0.15, 0.2) is 28.6 Å². The van der Waals surface area contributed by atoms with Gasteiger partial charge in [0.1, 0.15) is 15.7 Å². The van der Waals surface area contributed by atoms with Crippen molar-refractivity contribution in [2.45, 2.75) is 56.9 Å². The highest BCUT2D eigenvalue weighted by Gasteiger charge is 2.27. The fourth-order valence-corrected chi connectivity index (χ4v) is 5.33. The SMILES string of the molecule is CC(Nc1ccc(S(=O)(=O)N2CCCC2)cn1)c1nc(C(C)(C)C)cs1. The minimum Gasteiger partial charge on any atom is -0.361 e. The summed E-state index contributed by atoms with van der Waals surface area (Å²) in [6, 6.07) is 3.35. The van der Waals surface area contributed by atoms with Crippen LogP contribution in [0.4, 0.5) is 5.82 Å². The largest absolute Gasteiger partial charge is 0.361 e. The lowest BCUT2D eigenvalue weighted by molar-refractivity contribution is 0.477. The van der Waals surface area contributed by atoms with Crippen molar-refractivity contribution in [2.75, 3.05) is 18.4 Å². The smallest absolute Gasteiger partial charge is 0.244 e. The molecule has 3 heterocycles. The molecule has 0 saturated carbocycles. The van der Waals surface area contributed by atoms with E-state index >= 15 is 0 Å². The lowest BCUT2D eigenvalue weighted by Crippen LogP contribution is -2.27. The van der Waals surface area contributed by atoms with Crippen molar-refractivity contribution >= 4 is 27.2 Å². The molecule has 8 heteroatoms. The van der Waals surface area contributed by atoms with Gasteiger partial charge in [-0.25, -0.2) is 18.4 Å². The molecule has 1 fully saturated rings. The number of pyridine rings is 1. The van der Waals surface area contributed by atoms with Gasteiger partial charge in [0, 0.05) is 30.1 Å². The number of nitrogens with one attached hydrogen (secondary N) is 1. The van der Waals surface area contributed by atoms with Crippen LogP contribution in [0.2, 0.25) is 0 Å². The lowest BCUT2D eigenvalue weighted by atomic mass is 9.93. The summed E-state index contributed by atoms with van der Waals surface area (Å²) in [7, 11) is -3.42. The van der Waals surface area contributed by atoms with E-state index in [2.05, 4.69) is 36.5 Å². The molecule has 1 aliphatic rings. The highest BCUT2D eigenvalue weighted by Crippen LogP contribution is 2.28. The van der Waals surface area contributed by atoms with Crippen LogP contribution in [-0.2, 0) is 15.4 Å². The highest BCUT2D eigenvalue weighted by molar-refractivity contribution is 7.89. The summed E-state index contributed by atoms with van der Waals surface area (Å²) in [6.07, 6.45) is 3.29. The van der Waals surface area contributed by atoms with Gasteiger partial charge in [0.2, 0.25) is 10.0 Å². The molecule has 0 aromatic carbocycles. The summed E-state index contributed by atoms with van der Waals surface area (Å²) in [5.41, 5.74) is 1.10. The van der Waals surface area contributed by atoms with Gasteiger partial charge in [-0.1, -0.05) is 20.8 Å². The predicted molar refractivity (Wildman–Crippen MR) is 105 cm³/mol. The molecular weight excluding hydrogens is 368 g/mol. The molecule has 1 atom stereocenters. The van der Waals surface area contributed by atoms with Gasteiger partial charge >= 0.3 is 0 Å². The second-order valence-corrected chi connectivity index (χ2v) is 10.5. The molecule has 1 unspecified atom stereocenters. The highest BCUT2D eigenvalue weighted by atomic mass is 32.2. The van der Waals surface area contributed by atoms with Crippen LogP contribution >= 0.6 is 11.3 Å². The number of rotatable bonds is 5. The Morgan fingerprint density at radius 2 is 1.92 bits per heavy atom. The molecular formula is C18H26N4O2S2. The number of anilines is 1. The van der Waals surface area contributed by atoms with Gasteiger partial charge in [-0.3, -0.25) is 0 Å². The second kappa shape index (κ2) is 7.25. The number of hydrogen-bond donors (Lipinski definition) is 1. The van der Waals surface area contributed by atoms with E-state index in [0.29, 0.717) is 18.9 Å². The van der Waals surface area contributed by atoms with E-state index in [4.69, 9.17) is 4.98 Å². The van der Waals surface area contributed by atoms with Gasteiger partial charge < -0.3 is 5.32 Å². The average molecular weight is 395 g/mol. The summed E-state index contributed by atoms with van der Waals surface area (Å²) in [6.45, 7) is 9.65. The van der Waals surface area contributed by atoms with Crippen molar-refractivity contribution < 1.29 is 8.42 Å². The minimum absolute atomic E-state index is 0.00430. The molecule has 6 nitrogen and oxygen atoms in total. The first-order valence-corrected chi connectivity index (χ1v) is 11.2. The molecule has 142 valence electrons. The Bertz CT molecular complexity index is 848. The van der Waals surface area contributed by atoms with Crippen molar-refractivity contribution in [2.24, 2.45) is 0 Å². The van der Waals surface area contributed by atoms with Crippen molar-refractivity contribution in [3.8, 4) is 0 Å². The first kappa shape index (κ1) is 19.3. The summed E-state index contributed by atoms with van der Waals surface area (Å²) in [5.74, 6) is 0.644. The quantitative estimate of drug-likeness (QED) is 0.835. The predicted octanol–water partition coefficient (Wildman–Crippen LogP) is 3.79. The van der Waals surface area contributed by atoms with Crippen LogP contribution < -0.4 is 5.32 Å². The third-order valence-corrected chi connectivity index (χ3v) is 7.37. The van der Waals surface area contributed by atoms with E-state index in [0.717, 1.165) is 23.5 Å². The van der Waals surface area contributed by atoms with Gasteiger partial charge in [0.25, 0.3) is 0 Å². The van der Waals surface area contributed by atoms with Crippen molar-refractivity contribution in [1.29, 1.82) is 0 Å². The Morgan fingerprint density at radius 1 is 1.23 bits per heavy atom.